The molecule has 0 aliphatic heterocycles. The Morgan fingerprint density at radius 1 is 1.48 bits per heavy atom. The average Bonchev–Trinajstić information content (AvgIpc) is 2.78. The van der Waals surface area contributed by atoms with Crippen molar-refractivity contribution in [3.8, 4) is 0 Å². The Bertz CT molecular complexity index is 665. The first-order chi connectivity index (χ1) is 10.1. The fourth-order valence-electron chi connectivity index (χ4n) is 2.06. The minimum atomic E-state index is -0.247. The molecular formula is C14H17N5OS. The molecule has 110 valence electrons. The summed E-state index contributed by atoms with van der Waals surface area (Å²) in [5.74, 6) is 0.0172. The zero-order valence-electron chi connectivity index (χ0n) is 11.7. The third-order valence-corrected chi connectivity index (χ3v) is 4.58. The third-order valence-electron chi connectivity index (χ3n) is 3.58. The Morgan fingerprint density at radius 2 is 2.29 bits per heavy atom. The second-order valence-corrected chi connectivity index (χ2v) is 6.15. The molecule has 1 amide bonds. The van der Waals surface area contributed by atoms with Crippen LogP contribution in [0.2, 0.25) is 0 Å². The number of anilines is 3. The quantitative estimate of drug-likeness (QED) is 0.807. The number of aromatic nitrogens is 2. The number of nitrogen functional groups attached to an aromatic ring is 1. The number of carbonyl (C=O) groups excluding carboxylic acids is 1. The van der Waals surface area contributed by atoms with Crippen molar-refractivity contribution in [2.24, 2.45) is 0 Å². The van der Waals surface area contributed by atoms with Gasteiger partial charge in [-0.25, -0.2) is 4.98 Å². The molecule has 1 aliphatic rings. The van der Waals surface area contributed by atoms with Crippen LogP contribution in [0.1, 0.15) is 34.5 Å². The second kappa shape index (κ2) is 5.69. The number of thiazole rings is 1. The van der Waals surface area contributed by atoms with Gasteiger partial charge in [0.1, 0.15) is 10.7 Å². The number of carbonyl (C=O) groups is 1. The van der Waals surface area contributed by atoms with E-state index in [1.54, 1.807) is 12.4 Å². The first kappa shape index (κ1) is 13.8. The van der Waals surface area contributed by atoms with Crippen LogP contribution in [-0.2, 0) is 0 Å². The van der Waals surface area contributed by atoms with Crippen LogP contribution in [0.25, 0.3) is 0 Å². The van der Waals surface area contributed by atoms with Crippen LogP contribution >= 0.6 is 11.3 Å². The van der Waals surface area contributed by atoms with E-state index in [2.05, 4.69) is 20.6 Å². The first-order valence-electron chi connectivity index (χ1n) is 6.88. The van der Waals surface area contributed by atoms with Gasteiger partial charge in [-0.2, -0.15) is 0 Å². The molecule has 0 saturated heterocycles. The second-order valence-electron chi connectivity index (χ2n) is 5.15. The van der Waals surface area contributed by atoms with Gasteiger partial charge in [0.25, 0.3) is 5.91 Å². The van der Waals surface area contributed by atoms with Crippen molar-refractivity contribution < 1.29 is 4.79 Å². The number of pyridine rings is 1. The molecule has 4 N–H and O–H groups in total. The van der Waals surface area contributed by atoms with Crippen LogP contribution in [-0.4, -0.2) is 21.9 Å². The summed E-state index contributed by atoms with van der Waals surface area (Å²) in [4.78, 5) is 21.0. The van der Waals surface area contributed by atoms with Gasteiger partial charge in [-0.05, 0) is 37.8 Å². The lowest BCUT2D eigenvalue weighted by atomic mass is 9.93. The van der Waals surface area contributed by atoms with E-state index in [0.29, 0.717) is 21.7 Å². The standard InChI is InChI=1S/C14H17N5OS/c1-8-5-6-16-7-10(8)18-13(20)11-12(15)19-14(21-11)17-9-3-2-4-9/h5-7,9H,2-4,15H2,1H3,(H,17,19)(H,18,20). The maximum absolute atomic E-state index is 12.3. The normalized spacial score (nSPS) is 14.5. The number of nitrogens with two attached hydrogens (primary N) is 1. The van der Waals surface area contributed by atoms with Gasteiger partial charge in [-0.1, -0.05) is 11.3 Å². The lowest BCUT2D eigenvalue weighted by Crippen LogP contribution is -2.26. The lowest BCUT2D eigenvalue weighted by molar-refractivity contribution is 0.103. The molecular weight excluding hydrogens is 286 g/mol. The van der Waals surface area contributed by atoms with E-state index in [1.807, 2.05) is 13.0 Å². The zero-order valence-corrected chi connectivity index (χ0v) is 12.5. The van der Waals surface area contributed by atoms with Crippen LogP contribution in [0.4, 0.5) is 16.6 Å². The zero-order chi connectivity index (χ0) is 14.8. The van der Waals surface area contributed by atoms with Gasteiger partial charge in [0, 0.05) is 12.2 Å². The Labute approximate surface area is 126 Å². The summed E-state index contributed by atoms with van der Waals surface area (Å²) in [5.41, 5.74) is 7.49. The molecule has 1 saturated carbocycles. The highest BCUT2D eigenvalue weighted by atomic mass is 32.1. The Morgan fingerprint density at radius 3 is 2.95 bits per heavy atom. The largest absolute Gasteiger partial charge is 0.382 e. The highest BCUT2D eigenvalue weighted by Gasteiger charge is 2.21. The number of rotatable bonds is 4. The summed E-state index contributed by atoms with van der Waals surface area (Å²) in [7, 11) is 0. The van der Waals surface area contributed by atoms with Gasteiger partial charge >= 0.3 is 0 Å². The smallest absolute Gasteiger partial charge is 0.269 e. The highest BCUT2D eigenvalue weighted by molar-refractivity contribution is 7.18. The minimum absolute atomic E-state index is 0.247. The first-order valence-corrected chi connectivity index (χ1v) is 7.70. The molecule has 7 heteroatoms. The number of hydrogen-bond donors (Lipinski definition) is 3. The summed E-state index contributed by atoms with van der Waals surface area (Å²) in [6.45, 7) is 1.91. The van der Waals surface area contributed by atoms with E-state index in [0.717, 1.165) is 18.4 Å². The van der Waals surface area contributed by atoms with E-state index in [9.17, 15) is 4.79 Å². The molecule has 0 radical (unpaired) electrons. The van der Waals surface area contributed by atoms with Crippen LogP contribution in [0, 0.1) is 6.92 Å². The molecule has 1 fully saturated rings. The molecule has 0 aromatic carbocycles. The number of nitrogens with one attached hydrogen (secondary N) is 2. The van der Waals surface area contributed by atoms with Gasteiger partial charge < -0.3 is 16.4 Å². The predicted molar refractivity (Wildman–Crippen MR) is 84.7 cm³/mol. The van der Waals surface area contributed by atoms with Crippen molar-refractivity contribution in [3.63, 3.8) is 0 Å². The van der Waals surface area contributed by atoms with Gasteiger partial charge in [0.2, 0.25) is 0 Å². The molecule has 3 rings (SSSR count). The number of hydrogen-bond acceptors (Lipinski definition) is 6. The fourth-order valence-corrected chi connectivity index (χ4v) is 2.91. The maximum atomic E-state index is 12.3. The Hall–Kier alpha value is -2.15. The molecule has 2 aromatic rings. The Kier molecular flexibility index (Phi) is 3.74. The molecule has 0 atom stereocenters. The SMILES string of the molecule is Cc1ccncc1NC(=O)c1sc(NC2CCC2)nc1N. The average molecular weight is 303 g/mol. The van der Waals surface area contributed by atoms with E-state index in [1.165, 1.54) is 17.8 Å². The monoisotopic (exact) mass is 303 g/mol. The van der Waals surface area contributed by atoms with E-state index in [-0.39, 0.29) is 11.7 Å². The van der Waals surface area contributed by atoms with Gasteiger partial charge in [-0.15, -0.1) is 0 Å². The van der Waals surface area contributed by atoms with Crippen LogP contribution < -0.4 is 16.4 Å². The van der Waals surface area contributed by atoms with Crippen molar-refractivity contribution >= 4 is 33.9 Å². The highest BCUT2D eigenvalue weighted by Crippen LogP contribution is 2.30. The molecule has 0 spiro atoms. The predicted octanol–water partition coefficient (Wildman–Crippen LogP) is 2.65. The van der Waals surface area contributed by atoms with E-state index < -0.39 is 0 Å². The van der Waals surface area contributed by atoms with Crippen molar-refractivity contribution in [1.29, 1.82) is 0 Å². The van der Waals surface area contributed by atoms with E-state index in [4.69, 9.17) is 5.73 Å². The van der Waals surface area contributed by atoms with Gasteiger partial charge in [0.05, 0.1) is 11.9 Å². The third kappa shape index (κ3) is 2.97. The topological polar surface area (TPSA) is 92.9 Å². The van der Waals surface area contributed by atoms with Crippen LogP contribution in [0.15, 0.2) is 18.5 Å². The molecule has 0 unspecified atom stereocenters. The number of amides is 1. The summed E-state index contributed by atoms with van der Waals surface area (Å²) >= 11 is 1.29. The van der Waals surface area contributed by atoms with Crippen molar-refractivity contribution in [3.05, 3.63) is 28.9 Å². The molecule has 0 bridgehead atoms. The van der Waals surface area contributed by atoms with Crippen molar-refractivity contribution in [2.75, 3.05) is 16.4 Å². The summed E-state index contributed by atoms with van der Waals surface area (Å²) in [5, 5.41) is 6.84. The summed E-state index contributed by atoms with van der Waals surface area (Å²) in [6, 6.07) is 2.31. The molecule has 2 heterocycles. The molecule has 1 aliphatic carbocycles. The van der Waals surface area contributed by atoms with Gasteiger partial charge in [-0.3, -0.25) is 9.78 Å². The molecule has 21 heavy (non-hydrogen) atoms. The maximum Gasteiger partial charge on any atom is 0.269 e. The molecule has 2 aromatic heterocycles. The van der Waals surface area contributed by atoms with Crippen LogP contribution in [0.3, 0.4) is 0 Å². The molecule has 6 nitrogen and oxygen atoms in total. The Balaban J connectivity index is 1.73. The fraction of sp³-hybridized carbons (Fsp3) is 0.357. The van der Waals surface area contributed by atoms with E-state index >= 15 is 0 Å². The summed E-state index contributed by atoms with van der Waals surface area (Å²) in [6.07, 6.45) is 6.85. The summed E-state index contributed by atoms with van der Waals surface area (Å²) < 4.78 is 0. The number of aryl methyl sites for hydroxylation is 1. The van der Waals surface area contributed by atoms with Gasteiger partial charge in [0.15, 0.2) is 5.13 Å². The lowest BCUT2D eigenvalue weighted by Gasteiger charge is -2.25. The van der Waals surface area contributed by atoms with Crippen molar-refractivity contribution in [2.45, 2.75) is 32.2 Å². The number of nitrogens with zero attached hydrogens (tertiary/aromatic N) is 2. The van der Waals surface area contributed by atoms with Crippen molar-refractivity contribution in [1.82, 2.24) is 9.97 Å². The minimum Gasteiger partial charge on any atom is -0.382 e. The van der Waals surface area contributed by atoms with Crippen LogP contribution in [0.5, 0.6) is 0 Å².